The molecule has 2 fully saturated rings. The van der Waals surface area contributed by atoms with E-state index in [4.69, 9.17) is 65.4 Å². The third-order valence-electron chi connectivity index (χ3n) is 8.88. The fourth-order valence-electron chi connectivity index (χ4n) is 6.13. The first-order valence-corrected chi connectivity index (χ1v) is 19.1. The van der Waals surface area contributed by atoms with Gasteiger partial charge >= 0.3 is 11.9 Å². The number of nitrogens with zero attached hydrogens (tertiary/aromatic N) is 2. The number of halogens is 4. The summed E-state index contributed by atoms with van der Waals surface area (Å²) in [6, 6.07) is 20.1. The number of hydrogen-bond acceptors (Lipinski definition) is 9. The van der Waals surface area contributed by atoms with Crippen LogP contribution in [0.2, 0.25) is 20.1 Å². The molecule has 4 aromatic carbocycles. The van der Waals surface area contributed by atoms with Gasteiger partial charge in [0, 0.05) is 70.6 Å². The van der Waals surface area contributed by atoms with E-state index in [0.29, 0.717) is 47.3 Å². The Morgan fingerprint density at radius 3 is 1.40 bits per heavy atom. The van der Waals surface area contributed by atoms with E-state index in [1.807, 2.05) is 36.4 Å². The summed E-state index contributed by atoms with van der Waals surface area (Å²) in [6.07, 6.45) is 5.84. The molecule has 0 bridgehead atoms. The Morgan fingerprint density at radius 1 is 0.623 bits per heavy atom. The largest absolute Gasteiger partial charge is 0.466 e. The predicted molar refractivity (Wildman–Crippen MR) is 216 cm³/mol. The van der Waals surface area contributed by atoms with E-state index in [9.17, 15) is 9.59 Å². The fraction of sp³-hybridized carbons (Fsp3) is 0.250. The summed E-state index contributed by atoms with van der Waals surface area (Å²) >= 11 is 29.4. The minimum absolute atomic E-state index is 0.252. The first-order valence-electron chi connectivity index (χ1n) is 16.8. The van der Waals surface area contributed by atoms with Crippen molar-refractivity contribution in [2.75, 3.05) is 76.6 Å². The number of rotatable bonds is 10. The second-order valence-electron chi connectivity index (χ2n) is 12.0. The molecule has 0 aliphatic carbocycles. The smallest absolute Gasteiger partial charge is 0.330 e. The molecule has 0 atom stereocenters. The number of morpholine rings is 2. The summed E-state index contributed by atoms with van der Waals surface area (Å²) in [6.45, 7) is 5.64. The Balaban J connectivity index is 1.48. The summed E-state index contributed by atoms with van der Waals surface area (Å²) in [4.78, 5) is 30.1. The Bertz CT molecular complexity index is 1920. The molecule has 13 heteroatoms. The summed E-state index contributed by atoms with van der Waals surface area (Å²) in [7, 11) is 2.62. The van der Waals surface area contributed by atoms with Crippen molar-refractivity contribution in [3.8, 4) is 22.3 Å². The summed E-state index contributed by atoms with van der Waals surface area (Å²) < 4.78 is 20.8. The van der Waals surface area contributed by atoms with Crippen LogP contribution in [0.25, 0.3) is 34.4 Å². The maximum atomic E-state index is 12.2. The van der Waals surface area contributed by atoms with E-state index in [1.165, 1.54) is 38.1 Å². The van der Waals surface area contributed by atoms with Crippen LogP contribution in [0.5, 0.6) is 0 Å². The Kier molecular flexibility index (Phi) is 13.3. The van der Waals surface area contributed by atoms with Crippen molar-refractivity contribution in [1.82, 2.24) is 0 Å². The number of benzene rings is 4. The summed E-state index contributed by atoms with van der Waals surface area (Å²) in [5, 5.41) is 1.04. The van der Waals surface area contributed by atoms with Crippen molar-refractivity contribution < 1.29 is 28.5 Å². The van der Waals surface area contributed by atoms with Crippen LogP contribution in [0, 0.1) is 0 Å². The molecule has 6 rings (SSSR count). The molecule has 0 N–H and O–H groups in total. The van der Waals surface area contributed by atoms with Gasteiger partial charge in [-0.15, -0.1) is 0 Å². The molecule has 276 valence electrons. The average Bonchev–Trinajstić information content (AvgIpc) is 3.20. The van der Waals surface area contributed by atoms with Crippen LogP contribution in [0.3, 0.4) is 0 Å². The molecule has 0 unspecified atom stereocenters. The van der Waals surface area contributed by atoms with Gasteiger partial charge < -0.3 is 28.7 Å². The molecule has 2 heterocycles. The predicted octanol–water partition coefficient (Wildman–Crippen LogP) is 9.83. The van der Waals surface area contributed by atoms with Crippen LogP contribution < -0.4 is 9.80 Å². The average molecular weight is 815 g/mol. The molecular formula is C40H36Cl4N2O6S. The van der Waals surface area contributed by atoms with E-state index >= 15 is 0 Å². The highest BCUT2D eigenvalue weighted by Crippen LogP contribution is 2.49. The van der Waals surface area contributed by atoms with Gasteiger partial charge in [-0.3, -0.25) is 0 Å². The standard InChI is InChI=1S/C40H36Cl4N2O6S/c1-49-35(47)11-9-29-31(25-5-3-7-27(21-25)45-13-17-51-18-14-45)23-33(39(43)37(29)41)53-34-24-32(30(38(42)40(34)44)10-12-36(48)50-2)26-6-4-8-28(22-26)46-15-19-52-20-16-46/h3-12,21-24H,13-20H2,1-2H3/b11-9+,12-10+. The lowest BCUT2D eigenvalue weighted by Crippen LogP contribution is -2.36. The number of esters is 2. The molecular weight excluding hydrogens is 778 g/mol. The van der Waals surface area contributed by atoms with E-state index in [-0.39, 0.29) is 20.1 Å². The van der Waals surface area contributed by atoms with Gasteiger partial charge in [-0.25, -0.2) is 9.59 Å². The van der Waals surface area contributed by atoms with Crippen molar-refractivity contribution >= 4 is 93.6 Å². The molecule has 2 aliphatic rings. The molecule has 4 aromatic rings. The third-order valence-corrected chi connectivity index (χ3v) is 12.0. The summed E-state index contributed by atoms with van der Waals surface area (Å²) in [5.41, 5.74) is 6.40. The van der Waals surface area contributed by atoms with Crippen LogP contribution in [-0.4, -0.2) is 78.8 Å². The minimum Gasteiger partial charge on any atom is -0.466 e. The van der Waals surface area contributed by atoms with E-state index < -0.39 is 11.9 Å². The Hall–Kier alpha value is -3.67. The van der Waals surface area contributed by atoms with Crippen LogP contribution in [0.15, 0.2) is 82.6 Å². The first kappa shape index (κ1) is 39.0. The third kappa shape index (κ3) is 9.18. The maximum absolute atomic E-state index is 12.2. The number of methoxy groups -OCH3 is 2. The summed E-state index contributed by atoms with van der Waals surface area (Å²) in [5.74, 6) is -1.06. The molecule has 0 aromatic heterocycles. The van der Waals surface area contributed by atoms with Crippen LogP contribution >= 0.6 is 58.2 Å². The normalized spacial score (nSPS) is 15.0. The zero-order chi connectivity index (χ0) is 37.5. The highest BCUT2D eigenvalue weighted by Gasteiger charge is 2.22. The van der Waals surface area contributed by atoms with E-state index in [0.717, 1.165) is 59.8 Å². The van der Waals surface area contributed by atoms with Gasteiger partial charge in [0.2, 0.25) is 0 Å². The van der Waals surface area contributed by atoms with Crippen molar-refractivity contribution in [1.29, 1.82) is 0 Å². The van der Waals surface area contributed by atoms with Gasteiger partial charge in [-0.05, 0) is 70.8 Å². The molecule has 0 amide bonds. The van der Waals surface area contributed by atoms with Crippen molar-refractivity contribution in [2.45, 2.75) is 9.79 Å². The minimum atomic E-state index is -0.531. The quantitative estimate of drug-likeness (QED) is 0.115. The van der Waals surface area contributed by atoms with Crippen LogP contribution in [0.4, 0.5) is 11.4 Å². The number of ether oxygens (including phenoxy) is 4. The Labute approximate surface area is 333 Å². The molecule has 2 saturated heterocycles. The van der Waals surface area contributed by atoms with Crippen molar-refractivity contribution in [3.63, 3.8) is 0 Å². The lowest BCUT2D eigenvalue weighted by atomic mass is 9.98. The van der Waals surface area contributed by atoms with E-state index in [1.54, 1.807) is 12.2 Å². The highest BCUT2D eigenvalue weighted by atomic mass is 35.5. The fourth-order valence-corrected chi connectivity index (χ4v) is 8.29. The number of carbonyl (C=O) groups excluding carboxylic acids is 2. The van der Waals surface area contributed by atoms with Crippen molar-refractivity contribution in [2.24, 2.45) is 0 Å². The van der Waals surface area contributed by atoms with Gasteiger partial charge in [-0.1, -0.05) is 82.4 Å². The van der Waals surface area contributed by atoms with Gasteiger partial charge in [0.1, 0.15) is 0 Å². The van der Waals surface area contributed by atoms with Gasteiger partial charge in [-0.2, -0.15) is 0 Å². The lowest BCUT2D eigenvalue weighted by Gasteiger charge is -2.29. The van der Waals surface area contributed by atoms with Crippen LogP contribution in [0.1, 0.15) is 11.1 Å². The van der Waals surface area contributed by atoms with Gasteiger partial charge in [0.05, 0.1) is 60.7 Å². The zero-order valence-electron chi connectivity index (χ0n) is 29.0. The van der Waals surface area contributed by atoms with Gasteiger partial charge in [0.15, 0.2) is 0 Å². The lowest BCUT2D eigenvalue weighted by molar-refractivity contribution is -0.135. The zero-order valence-corrected chi connectivity index (χ0v) is 32.8. The van der Waals surface area contributed by atoms with Crippen molar-refractivity contribution in [3.05, 3.63) is 104 Å². The molecule has 0 radical (unpaired) electrons. The molecule has 8 nitrogen and oxygen atoms in total. The molecule has 0 saturated carbocycles. The Morgan fingerprint density at radius 2 is 1.02 bits per heavy atom. The number of carbonyl (C=O) groups is 2. The molecule has 53 heavy (non-hydrogen) atoms. The molecule has 2 aliphatic heterocycles. The van der Waals surface area contributed by atoms with E-state index in [2.05, 4.69) is 34.1 Å². The molecule has 0 spiro atoms. The second-order valence-corrected chi connectivity index (χ2v) is 14.6. The van der Waals surface area contributed by atoms with Gasteiger partial charge in [0.25, 0.3) is 0 Å². The topological polar surface area (TPSA) is 77.5 Å². The SMILES string of the molecule is COC(=O)/C=C/c1c(-c2cccc(N3CCOCC3)c2)cc(Sc2cc(-c3cccc(N4CCOCC4)c3)c(/C=C/C(=O)OC)c(Cl)c2Cl)c(Cl)c1Cl. The van der Waals surface area contributed by atoms with Crippen LogP contribution in [-0.2, 0) is 28.5 Å². The first-order chi connectivity index (χ1) is 25.7. The maximum Gasteiger partial charge on any atom is 0.330 e. The number of anilines is 2. The monoisotopic (exact) mass is 812 g/mol. The number of hydrogen-bond donors (Lipinski definition) is 0. The second kappa shape index (κ2) is 18.1. The highest BCUT2D eigenvalue weighted by molar-refractivity contribution is 7.99.